The van der Waals surface area contributed by atoms with E-state index < -0.39 is 0 Å². The Bertz CT molecular complexity index is 450. The molecule has 0 aliphatic rings. The van der Waals surface area contributed by atoms with Gasteiger partial charge in [0.1, 0.15) is 0 Å². The number of hydrogen-bond donors (Lipinski definition) is 1. The van der Waals surface area contributed by atoms with Crippen LogP contribution in [0.5, 0.6) is 0 Å². The first-order valence-electron chi connectivity index (χ1n) is 7.22. The Morgan fingerprint density at radius 1 is 0.895 bits per heavy atom. The van der Waals surface area contributed by atoms with Gasteiger partial charge >= 0.3 is 0 Å². The van der Waals surface area contributed by atoms with Crippen LogP contribution in [0.4, 0.5) is 0 Å². The van der Waals surface area contributed by atoms with Crippen LogP contribution in [-0.4, -0.2) is 6.54 Å². The molecule has 0 saturated carbocycles. The minimum atomic E-state index is 0.483. The van der Waals surface area contributed by atoms with Gasteiger partial charge in [-0.25, -0.2) is 0 Å². The second kappa shape index (κ2) is 7.75. The van der Waals surface area contributed by atoms with Crippen LogP contribution in [0.25, 0.3) is 0 Å². The van der Waals surface area contributed by atoms with E-state index in [4.69, 9.17) is 0 Å². The van der Waals surface area contributed by atoms with Gasteiger partial charge in [0, 0.05) is 6.04 Å². The van der Waals surface area contributed by atoms with Gasteiger partial charge in [-0.05, 0) is 36.9 Å². The van der Waals surface area contributed by atoms with Gasteiger partial charge in [-0.2, -0.15) is 0 Å². The lowest BCUT2D eigenvalue weighted by Gasteiger charge is -2.17. The fourth-order valence-electron chi connectivity index (χ4n) is 2.40. The molecule has 0 bridgehead atoms. The maximum atomic E-state index is 3.66. The normalized spacial score (nSPS) is 12.3. The standard InChI is InChI=1S/C18H23N/c1-2-18(17-13-7-4-8-14-17)19-15-9-12-16-10-5-3-6-11-16/h3-8,10-11,13-14,18-19H,2,9,12,15H2,1H3. The molecule has 2 aromatic rings. The first kappa shape index (κ1) is 13.8. The molecule has 0 saturated heterocycles. The van der Waals surface area contributed by atoms with Crippen molar-refractivity contribution >= 4 is 0 Å². The molecule has 1 atom stereocenters. The zero-order valence-electron chi connectivity index (χ0n) is 11.7. The minimum absolute atomic E-state index is 0.483. The molecule has 1 nitrogen and oxygen atoms in total. The summed E-state index contributed by atoms with van der Waals surface area (Å²) < 4.78 is 0. The van der Waals surface area contributed by atoms with Gasteiger partial charge in [-0.15, -0.1) is 0 Å². The van der Waals surface area contributed by atoms with E-state index >= 15 is 0 Å². The molecule has 0 radical (unpaired) electrons. The van der Waals surface area contributed by atoms with Crippen LogP contribution in [0.1, 0.15) is 36.9 Å². The largest absolute Gasteiger partial charge is 0.310 e. The lowest BCUT2D eigenvalue weighted by atomic mass is 10.0. The zero-order valence-corrected chi connectivity index (χ0v) is 11.7. The Kier molecular flexibility index (Phi) is 5.64. The van der Waals surface area contributed by atoms with E-state index in [2.05, 4.69) is 72.9 Å². The van der Waals surface area contributed by atoms with Crippen LogP contribution >= 0.6 is 0 Å². The number of hydrogen-bond acceptors (Lipinski definition) is 1. The average molecular weight is 253 g/mol. The van der Waals surface area contributed by atoms with E-state index in [1.165, 1.54) is 17.5 Å². The first-order valence-corrected chi connectivity index (χ1v) is 7.22. The van der Waals surface area contributed by atoms with Crippen LogP contribution in [0.3, 0.4) is 0 Å². The van der Waals surface area contributed by atoms with Crippen molar-refractivity contribution in [3.8, 4) is 0 Å². The molecule has 0 aliphatic carbocycles. The Labute approximate surface area is 116 Å². The summed E-state index contributed by atoms with van der Waals surface area (Å²) in [6, 6.07) is 21.9. The molecule has 1 unspecified atom stereocenters. The number of benzene rings is 2. The van der Waals surface area contributed by atoms with Crippen LogP contribution < -0.4 is 5.32 Å². The van der Waals surface area contributed by atoms with Crippen molar-refractivity contribution in [1.82, 2.24) is 5.32 Å². The van der Waals surface area contributed by atoms with Crippen molar-refractivity contribution in [1.29, 1.82) is 0 Å². The summed E-state index contributed by atoms with van der Waals surface area (Å²) in [7, 11) is 0. The van der Waals surface area contributed by atoms with Crippen LogP contribution in [0.15, 0.2) is 60.7 Å². The van der Waals surface area contributed by atoms with Crippen molar-refractivity contribution < 1.29 is 0 Å². The fraction of sp³-hybridized carbons (Fsp3) is 0.333. The molecule has 0 fully saturated rings. The Morgan fingerprint density at radius 3 is 2.16 bits per heavy atom. The number of nitrogens with one attached hydrogen (secondary N) is 1. The predicted molar refractivity (Wildman–Crippen MR) is 82.2 cm³/mol. The summed E-state index contributed by atoms with van der Waals surface area (Å²) >= 11 is 0. The summed E-state index contributed by atoms with van der Waals surface area (Å²) in [6.45, 7) is 3.31. The van der Waals surface area contributed by atoms with E-state index in [-0.39, 0.29) is 0 Å². The van der Waals surface area contributed by atoms with Crippen molar-refractivity contribution in [3.63, 3.8) is 0 Å². The SMILES string of the molecule is CCC(NCCCc1ccccc1)c1ccccc1. The second-order valence-electron chi connectivity index (χ2n) is 4.91. The summed E-state index contributed by atoms with van der Waals surface area (Å²) in [5.41, 5.74) is 2.82. The Hall–Kier alpha value is -1.60. The monoisotopic (exact) mass is 253 g/mol. The predicted octanol–water partition coefficient (Wildman–Crippen LogP) is 4.36. The fourth-order valence-corrected chi connectivity index (χ4v) is 2.40. The van der Waals surface area contributed by atoms with Crippen molar-refractivity contribution in [2.24, 2.45) is 0 Å². The molecule has 1 N–H and O–H groups in total. The molecular weight excluding hydrogens is 230 g/mol. The van der Waals surface area contributed by atoms with Gasteiger partial charge in [0.15, 0.2) is 0 Å². The van der Waals surface area contributed by atoms with Crippen LogP contribution in [0.2, 0.25) is 0 Å². The highest BCUT2D eigenvalue weighted by molar-refractivity contribution is 5.18. The van der Waals surface area contributed by atoms with Crippen molar-refractivity contribution in [2.45, 2.75) is 32.2 Å². The highest BCUT2D eigenvalue weighted by Crippen LogP contribution is 2.15. The third-order valence-electron chi connectivity index (χ3n) is 3.49. The highest BCUT2D eigenvalue weighted by atomic mass is 14.9. The lowest BCUT2D eigenvalue weighted by Crippen LogP contribution is -2.22. The lowest BCUT2D eigenvalue weighted by molar-refractivity contribution is 0.510. The van der Waals surface area contributed by atoms with E-state index in [1.807, 2.05) is 0 Å². The van der Waals surface area contributed by atoms with Gasteiger partial charge in [0.05, 0.1) is 0 Å². The smallest absolute Gasteiger partial charge is 0.0317 e. The minimum Gasteiger partial charge on any atom is -0.310 e. The average Bonchev–Trinajstić information content (AvgIpc) is 2.49. The van der Waals surface area contributed by atoms with E-state index in [1.54, 1.807) is 0 Å². The Morgan fingerprint density at radius 2 is 1.53 bits per heavy atom. The zero-order chi connectivity index (χ0) is 13.3. The maximum Gasteiger partial charge on any atom is 0.0317 e. The van der Waals surface area contributed by atoms with Gasteiger partial charge in [0.2, 0.25) is 0 Å². The van der Waals surface area contributed by atoms with Gasteiger partial charge in [-0.3, -0.25) is 0 Å². The van der Waals surface area contributed by atoms with Crippen molar-refractivity contribution in [3.05, 3.63) is 71.8 Å². The molecule has 0 amide bonds. The van der Waals surface area contributed by atoms with Crippen LogP contribution in [-0.2, 0) is 6.42 Å². The molecule has 0 spiro atoms. The summed E-state index contributed by atoms with van der Waals surface area (Å²) in [5, 5.41) is 3.66. The first-order chi connectivity index (χ1) is 9.40. The topological polar surface area (TPSA) is 12.0 Å². The molecule has 0 aliphatic heterocycles. The summed E-state index contributed by atoms with van der Waals surface area (Å²) in [4.78, 5) is 0. The van der Waals surface area contributed by atoms with Crippen molar-refractivity contribution in [2.75, 3.05) is 6.54 Å². The van der Waals surface area contributed by atoms with Crippen LogP contribution in [0, 0.1) is 0 Å². The number of aryl methyl sites for hydroxylation is 1. The Balaban J connectivity index is 1.75. The molecule has 100 valence electrons. The third kappa shape index (κ3) is 4.53. The molecule has 0 aromatic heterocycles. The quantitative estimate of drug-likeness (QED) is 0.723. The van der Waals surface area contributed by atoms with Gasteiger partial charge < -0.3 is 5.32 Å². The second-order valence-corrected chi connectivity index (χ2v) is 4.91. The molecular formula is C18H23N. The van der Waals surface area contributed by atoms with E-state index in [0.29, 0.717) is 6.04 Å². The highest BCUT2D eigenvalue weighted by Gasteiger charge is 2.06. The van der Waals surface area contributed by atoms with E-state index in [9.17, 15) is 0 Å². The molecule has 1 heteroatoms. The van der Waals surface area contributed by atoms with Gasteiger partial charge in [-0.1, -0.05) is 67.6 Å². The maximum absolute atomic E-state index is 3.66. The molecule has 2 aromatic carbocycles. The third-order valence-corrected chi connectivity index (χ3v) is 3.49. The summed E-state index contributed by atoms with van der Waals surface area (Å²) in [5.74, 6) is 0. The molecule has 19 heavy (non-hydrogen) atoms. The summed E-state index contributed by atoms with van der Waals surface area (Å²) in [6.07, 6.45) is 3.47. The molecule has 0 heterocycles. The molecule has 2 rings (SSSR count). The van der Waals surface area contributed by atoms with Gasteiger partial charge in [0.25, 0.3) is 0 Å². The van der Waals surface area contributed by atoms with E-state index in [0.717, 1.165) is 19.4 Å². The number of rotatable bonds is 7.